The maximum absolute atomic E-state index is 13.6. The van der Waals surface area contributed by atoms with Crippen LogP contribution in [-0.2, 0) is 0 Å². The number of rotatable bonds is 1. The van der Waals surface area contributed by atoms with Gasteiger partial charge in [-0.25, -0.2) is 9.38 Å². The maximum atomic E-state index is 13.6. The summed E-state index contributed by atoms with van der Waals surface area (Å²) in [6.45, 7) is 5.82. The third kappa shape index (κ3) is 3.73. The van der Waals surface area contributed by atoms with Crippen LogP contribution in [0.1, 0.15) is 28.4 Å². The van der Waals surface area contributed by atoms with Gasteiger partial charge in [0.15, 0.2) is 5.75 Å². The number of carbonyl (C=O) groups is 1. The van der Waals surface area contributed by atoms with Crippen LogP contribution in [0.25, 0.3) is 0 Å². The lowest BCUT2D eigenvalue weighted by Crippen LogP contribution is -2.55. The van der Waals surface area contributed by atoms with Gasteiger partial charge in [-0.3, -0.25) is 4.79 Å². The molecule has 1 atom stereocenters. The van der Waals surface area contributed by atoms with Crippen LogP contribution in [0, 0.1) is 12.7 Å². The minimum atomic E-state index is -0.402. The first-order valence-electron chi connectivity index (χ1n) is 10.8. The monoisotopic (exact) mass is 429 g/mol. The molecule has 3 aromatic rings. The van der Waals surface area contributed by atoms with E-state index in [2.05, 4.69) is 4.90 Å². The van der Waals surface area contributed by atoms with Gasteiger partial charge in [0, 0.05) is 31.2 Å². The van der Waals surface area contributed by atoms with E-state index in [0.29, 0.717) is 25.2 Å². The minimum absolute atomic E-state index is 0.0592. The van der Waals surface area contributed by atoms with Crippen LogP contribution >= 0.6 is 0 Å². The van der Waals surface area contributed by atoms with Crippen LogP contribution in [-0.4, -0.2) is 47.2 Å². The van der Waals surface area contributed by atoms with Crippen LogP contribution in [0.15, 0.2) is 71.7 Å². The van der Waals surface area contributed by atoms with Crippen molar-refractivity contribution in [3.63, 3.8) is 0 Å². The summed E-state index contributed by atoms with van der Waals surface area (Å²) in [6, 6.07) is 19.7. The molecule has 5 rings (SSSR count). The lowest BCUT2D eigenvalue weighted by Gasteiger charge is -2.41. The zero-order valence-corrected chi connectivity index (χ0v) is 18.1. The quantitative estimate of drug-likeness (QED) is 0.536. The number of hydrogen-bond acceptors (Lipinski definition) is 4. The first-order chi connectivity index (χ1) is 15.5. The third-order valence-corrected chi connectivity index (χ3v) is 5.95. The van der Waals surface area contributed by atoms with Gasteiger partial charge in [-0.05, 0) is 61.9 Å². The Balaban J connectivity index is 1.45. The third-order valence-electron chi connectivity index (χ3n) is 5.95. The highest BCUT2D eigenvalue weighted by Gasteiger charge is 2.32. The number of para-hydroxylation sites is 1. The standard InChI is InChI=1S/C26H24FN3O2/c1-17-10-11-22-24(14-17)32-23-9-4-3-8-21(23)25(28-22)29-12-13-30(18(2)16-29)26(31)19-6-5-7-20(27)15-19/h3-11,14-15,18H,12-13,16H2,1-2H3. The zero-order valence-electron chi connectivity index (χ0n) is 18.1. The molecule has 0 aromatic heterocycles. The maximum Gasteiger partial charge on any atom is 0.254 e. The Morgan fingerprint density at radius 1 is 1.03 bits per heavy atom. The second kappa shape index (κ2) is 8.11. The van der Waals surface area contributed by atoms with Crippen molar-refractivity contribution >= 4 is 17.4 Å². The number of nitrogens with zero attached hydrogens (tertiary/aromatic N) is 3. The summed E-state index contributed by atoms with van der Waals surface area (Å²) in [5.74, 6) is 1.79. The molecule has 3 aromatic carbocycles. The van der Waals surface area contributed by atoms with Crippen LogP contribution in [0.4, 0.5) is 10.1 Å². The van der Waals surface area contributed by atoms with Crippen LogP contribution in [0.5, 0.6) is 11.5 Å². The van der Waals surface area contributed by atoms with E-state index in [1.807, 2.05) is 61.2 Å². The lowest BCUT2D eigenvalue weighted by molar-refractivity contribution is 0.0581. The summed E-state index contributed by atoms with van der Waals surface area (Å²) in [5.41, 5.74) is 3.20. The van der Waals surface area contributed by atoms with Crippen LogP contribution in [0.2, 0.25) is 0 Å². The summed E-state index contributed by atoms with van der Waals surface area (Å²) in [6.07, 6.45) is 0. The molecule has 0 bridgehead atoms. The number of fused-ring (bicyclic) bond motifs is 2. The molecule has 0 aliphatic carbocycles. The summed E-state index contributed by atoms with van der Waals surface area (Å²) in [4.78, 5) is 22.0. The average molecular weight is 429 g/mol. The van der Waals surface area contributed by atoms with Gasteiger partial charge in [0.05, 0.1) is 5.56 Å². The number of amides is 1. The summed E-state index contributed by atoms with van der Waals surface area (Å²) in [5, 5.41) is 0. The number of piperazine rings is 1. The molecule has 2 heterocycles. The predicted octanol–water partition coefficient (Wildman–Crippen LogP) is 5.16. The Hall–Kier alpha value is -3.67. The highest BCUT2D eigenvalue weighted by Crippen LogP contribution is 2.39. The molecule has 2 aliphatic heterocycles. The number of carbonyl (C=O) groups excluding carboxylic acids is 1. The van der Waals surface area contributed by atoms with E-state index >= 15 is 0 Å². The van der Waals surface area contributed by atoms with Gasteiger partial charge in [0.2, 0.25) is 0 Å². The van der Waals surface area contributed by atoms with Crippen molar-refractivity contribution in [3.05, 3.63) is 89.2 Å². The normalized spacial score (nSPS) is 17.6. The number of ether oxygens (including phenoxy) is 1. The molecule has 1 fully saturated rings. The number of benzene rings is 3. The predicted molar refractivity (Wildman–Crippen MR) is 122 cm³/mol. The molecule has 162 valence electrons. The highest BCUT2D eigenvalue weighted by atomic mass is 19.1. The number of aryl methyl sites for hydroxylation is 1. The molecule has 32 heavy (non-hydrogen) atoms. The molecule has 1 amide bonds. The smallest absolute Gasteiger partial charge is 0.254 e. The van der Waals surface area contributed by atoms with Crippen molar-refractivity contribution in [2.75, 3.05) is 19.6 Å². The second-order valence-electron chi connectivity index (χ2n) is 8.31. The average Bonchev–Trinajstić information content (AvgIpc) is 2.95. The fourth-order valence-corrected chi connectivity index (χ4v) is 4.31. The van der Waals surface area contributed by atoms with Crippen molar-refractivity contribution in [2.45, 2.75) is 19.9 Å². The second-order valence-corrected chi connectivity index (χ2v) is 8.31. The molecule has 0 saturated carbocycles. The molecule has 5 nitrogen and oxygen atoms in total. The van der Waals surface area contributed by atoms with Gasteiger partial charge in [0.25, 0.3) is 5.91 Å². The Morgan fingerprint density at radius 2 is 1.88 bits per heavy atom. The Morgan fingerprint density at radius 3 is 2.69 bits per heavy atom. The van der Waals surface area contributed by atoms with Crippen molar-refractivity contribution in [1.82, 2.24) is 9.80 Å². The number of amidine groups is 1. The molecule has 6 heteroatoms. The van der Waals surface area contributed by atoms with E-state index in [1.165, 1.54) is 12.1 Å². The van der Waals surface area contributed by atoms with E-state index < -0.39 is 5.82 Å². The molecule has 1 saturated heterocycles. The number of aliphatic imine (C=N–C) groups is 1. The fourth-order valence-electron chi connectivity index (χ4n) is 4.31. The number of hydrogen-bond donors (Lipinski definition) is 0. The first kappa shape index (κ1) is 20.2. The largest absolute Gasteiger partial charge is 0.454 e. The van der Waals surface area contributed by atoms with Gasteiger partial charge < -0.3 is 14.5 Å². The van der Waals surface area contributed by atoms with Crippen LogP contribution in [0.3, 0.4) is 0 Å². The minimum Gasteiger partial charge on any atom is -0.454 e. The van der Waals surface area contributed by atoms with Crippen molar-refractivity contribution < 1.29 is 13.9 Å². The number of halogens is 1. The van der Waals surface area contributed by atoms with Gasteiger partial charge in [-0.1, -0.05) is 24.3 Å². The van der Waals surface area contributed by atoms with Gasteiger partial charge in [-0.2, -0.15) is 0 Å². The zero-order chi connectivity index (χ0) is 22.2. The van der Waals surface area contributed by atoms with E-state index in [-0.39, 0.29) is 11.9 Å². The van der Waals surface area contributed by atoms with E-state index in [9.17, 15) is 9.18 Å². The van der Waals surface area contributed by atoms with Crippen molar-refractivity contribution in [3.8, 4) is 11.5 Å². The van der Waals surface area contributed by atoms with Gasteiger partial charge in [-0.15, -0.1) is 0 Å². The fraction of sp³-hybridized carbons (Fsp3) is 0.231. The van der Waals surface area contributed by atoms with Gasteiger partial charge in [0.1, 0.15) is 23.1 Å². The molecular weight excluding hydrogens is 405 g/mol. The van der Waals surface area contributed by atoms with Crippen molar-refractivity contribution in [1.29, 1.82) is 0 Å². The summed E-state index contributed by atoms with van der Waals surface area (Å²) >= 11 is 0. The van der Waals surface area contributed by atoms with Crippen molar-refractivity contribution in [2.24, 2.45) is 4.99 Å². The first-order valence-corrected chi connectivity index (χ1v) is 10.8. The van der Waals surface area contributed by atoms with E-state index in [4.69, 9.17) is 9.73 Å². The SMILES string of the molecule is Cc1ccc2c(c1)Oc1ccccc1C(N1CCN(C(=O)c3cccc(F)c3)C(C)C1)=N2. The van der Waals surface area contributed by atoms with Gasteiger partial charge >= 0.3 is 0 Å². The molecule has 0 N–H and O–H groups in total. The Bertz CT molecular complexity index is 1220. The molecule has 2 aliphatic rings. The molecule has 1 unspecified atom stereocenters. The lowest BCUT2D eigenvalue weighted by atomic mass is 10.1. The van der Waals surface area contributed by atoms with Crippen LogP contribution < -0.4 is 4.74 Å². The summed E-state index contributed by atoms with van der Waals surface area (Å²) < 4.78 is 19.8. The van der Waals surface area contributed by atoms with E-state index in [0.717, 1.165) is 34.1 Å². The summed E-state index contributed by atoms with van der Waals surface area (Å²) in [7, 11) is 0. The highest BCUT2D eigenvalue weighted by molar-refractivity contribution is 6.04. The Kier molecular flexibility index (Phi) is 5.13. The Labute approximate surface area is 186 Å². The molecule has 0 radical (unpaired) electrons. The topological polar surface area (TPSA) is 45.1 Å². The van der Waals surface area contributed by atoms with E-state index in [1.54, 1.807) is 12.1 Å². The molecular formula is C26H24FN3O2. The molecule has 0 spiro atoms.